The molecule has 2 aromatic carbocycles. The molecule has 3 amide bonds. The molecule has 2 aliphatic rings. The number of hydrogen-bond donors (Lipinski definition) is 3. The van der Waals surface area contributed by atoms with E-state index >= 15 is 0 Å². The smallest absolute Gasteiger partial charge is 0.319 e. The molecule has 140 valence electrons. The van der Waals surface area contributed by atoms with Gasteiger partial charge >= 0.3 is 6.03 Å². The number of urea groups is 1. The Kier molecular flexibility index (Phi) is 4.93. The number of ether oxygens (including phenoxy) is 1. The number of nitrogens with one attached hydrogen (secondary N) is 3. The number of anilines is 2. The number of carbonyl (C=O) groups is 2. The molecule has 0 aliphatic carbocycles. The quantitative estimate of drug-likeness (QED) is 0.775. The van der Waals surface area contributed by atoms with Gasteiger partial charge in [-0.2, -0.15) is 0 Å². The van der Waals surface area contributed by atoms with Crippen LogP contribution in [-0.4, -0.2) is 43.1 Å². The van der Waals surface area contributed by atoms with E-state index in [1.54, 1.807) is 18.2 Å². The van der Waals surface area contributed by atoms with Crippen molar-refractivity contribution in [3.8, 4) is 5.75 Å². The highest BCUT2D eigenvalue weighted by Gasteiger charge is 2.17. The minimum Gasteiger partial charge on any atom is -0.482 e. The highest BCUT2D eigenvalue weighted by atomic mass is 16.5. The zero-order valence-corrected chi connectivity index (χ0v) is 15.0. The third-order valence-corrected chi connectivity index (χ3v) is 4.80. The van der Waals surface area contributed by atoms with E-state index in [1.807, 2.05) is 0 Å². The Morgan fingerprint density at radius 1 is 1.19 bits per heavy atom. The lowest BCUT2D eigenvalue weighted by Crippen LogP contribution is -2.39. The van der Waals surface area contributed by atoms with Crippen LogP contribution in [0.2, 0.25) is 0 Å². The van der Waals surface area contributed by atoms with Crippen LogP contribution in [-0.2, 0) is 17.8 Å². The fourth-order valence-electron chi connectivity index (χ4n) is 3.40. The minimum absolute atomic E-state index is 0.0123. The largest absolute Gasteiger partial charge is 0.482 e. The van der Waals surface area contributed by atoms with Crippen molar-refractivity contribution in [2.24, 2.45) is 0 Å². The molecular weight excluding hydrogens is 344 g/mol. The first kappa shape index (κ1) is 17.4. The van der Waals surface area contributed by atoms with Crippen molar-refractivity contribution in [3.05, 3.63) is 53.6 Å². The number of hydrogen-bond acceptors (Lipinski definition) is 4. The second kappa shape index (κ2) is 7.67. The van der Waals surface area contributed by atoms with E-state index in [4.69, 9.17) is 4.74 Å². The van der Waals surface area contributed by atoms with E-state index in [2.05, 4.69) is 45.1 Å². The first-order valence-electron chi connectivity index (χ1n) is 9.08. The summed E-state index contributed by atoms with van der Waals surface area (Å²) in [5.41, 5.74) is 4.02. The molecule has 0 fully saturated rings. The molecule has 0 atom stereocenters. The highest BCUT2D eigenvalue weighted by Crippen LogP contribution is 2.30. The van der Waals surface area contributed by atoms with Gasteiger partial charge in [0.15, 0.2) is 6.61 Å². The SMILES string of the molecule is O=C1COc2cc(NC(=O)NCCN3CCc4ccccc4C3)ccc2N1. The number of nitrogens with zero attached hydrogens (tertiary/aromatic N) is 1. The number of rotatable bonds is 4. The van der Waals surface area contributed by atoms with Crippen LogP contribution in [0.25, 0.3) is 0 Å². The number of amides is 3. The Bertz CT molecular complexity index is 868. The molecule has 0 saturated heterocycles. The Morgan fingerprint density at radius 3 is 2.93 bits per heavy atom. The van der Waals surface area contributed by atoms with Crippen LogP contribution in [0.5, 0.6) is 5.75 Å². The number of benzene rings is 2. The number of fused-ring (bicyclic) bond motifs is 2. The Morgan fingerprint density at radius 2 is 2.04 bits per heavy atom. The Labute approximate surface area is 157 Å². The zero-order chi connectivity index (χ0) is 18.6. The topological polar surface area (TPSA) is 82.7 Å². The molecule has 0 bridgehead atoms. The van der Waals surface area contributed by atoms with Gasteiger partial charge in [0, 0.05) is 37.9 Å². The second-order valence-corrected chi connectivity index (χ2v) is 6.72. The first-order chi connectivity index (χ1) is 13.2. The lowest BCUT2D eigenvalue weighted by atomic mass is 10.00. The van der Waals surface area contributed by atoms with Crippen LogP contribution < -0.4 is 20.7 Å². The Hall–Kier alpha value is -3.06. The predicted octanol–water partition coefficient (Wildman–Crippen LogP) is 2.20. The maximum Gasteiger partial charge on any atom is 0.319 e. The van der Waals surface area contributed by atoms with E-state index in [0.29, 0.717) is 23.7 Å². The lowest BCUT2D eigenvalue weighted by Gasteiger charge is -2.28. The average molecular weight is 366 g/mol. The molecule has 0 unspecified atom stereocenters. The molecule has 27 heavy (non-hydrogen) atoms. The van der Waals surface area contributed by atoms with E-state index < -0.39 is 0 Å². The minimum atomic E-state index is -0.257. The van der Waals surface area contributed by atoms with Crippen LogP contribution >= 0.6 is 0 Å². The normalized spacial score (nSPS) is 15.8. The molecule has 2 heterocycles. The van der Waals surface area contributed by atoms with Crippen molar-refractivity contribution >= 4 is 23.3 Å². The molecule has 4 rings (SSSR count). The van der Waals surface area contributed by atoms with Crippen molar-refractivity contribution in [1.29, 1.82) is 0 Å². The molecule has 0 saturated carbocycles. The molecule has 7 nitrogen and oxygen atoms in total. The van der Waals surface area contributed by atoms with Crippen LogP contribution in [0.1, 0.15) is 11.1 Å². The van der Waals surface area contributed by atoms with Crippen molar-refractivity contribution < 1.29 is 14.3 Å². The molecule has 3 N–H and O–H groups in total. The molecule has 2 aromatic rings. The van der Waals surface area contributed by atoms with Crippen molar-refractivity contribution in [2.75, 3.05) is 36.9 Å². The maximum atomic E-state index is 12.1. The molecule has 0 radical (unpaired) electrons. The third kappa shape index (κ3) is 4.20. The Balaban J connectivity index is 1.24. The molecular formula is C20H22N4O3. The standard InChI is InChI=1S/C20H22N4O3/c25-19-13-27-18-11-16(5-6-17(18)23-19)22-20(26)21-8-10-24-9-7-14-3-1-2-4-15(14)12-24/h1-6,11H,7-10,12-13H2,(H,23,25)(H2,21,22,26). The van der Waals surface area contributed by atoms with E-state index in [0.717, 1.165) is 26.1 Å². The van der Waals surface area contributed by atoms with Crippen molar-refractivity contribution in [1.82, 2.24) is 10.2 Å². The van der Waals surface area contributed by atoms with E-state index in [1.165, 1.54) is 11.1 Å². The maximum absolute atomic E-state index is 12.1. The second-order valence-electron chi connectivity index (χ2n) is 6.72. The van der Waals surface area contributed by atoms with Gasteiger partial charge in [0.05, 0.1) is 5.69 Å². The van der Waals surface area contributed by atoms with Gasteiger partial charge in [-0.15, -0.1) is 0 Å². The van der Waals surface area contributed by atoms with Crippen LogP contribution in [0, 0.1) is 0 Å². The molecule has 7 heteroatoms. The van der Waals surface area contributed by atoms with Gasteiger partial charge in [-0.05, 0) is 29.7 Å². The highest BCUT2D eigenvalue weighted by molar-refractivity contribution is 5.96. The van der Waals surface area contributed by atoms with Gasteiger partial charge in [0.2, 0.25) is 0 Å². The monoisotopic (exact) mass is 366 g/mol. The predicted molar refractivity (Wildman–Crippen MR) is 103 cm³/mol. The van der Waals surface area contributed by atoms with E-state index in [9.17, 15) is 9.59 Å². The van der Waals surface area contributed by atoms with Gasteiger partial charge in [-0.25, -0.2) is 4.79 Å². The lowest BCUT2D eigenvalue weighted by molar-refractivity contribution is -0.118. The summed E-state index contributed by atoms with van der Waals surface area (Å²) in [5, 5.41) is 8.40. The zero-order valence-electron chi connectivity index (χ0n) is 15.0. The fraction of sp³-hybridized carbons (Fsp3) is 0.300. The summed E-state index contributed by atoms with van der Waals surface area (Å²) in [5.74, 6) is 0.376. The van der Waals surface area contributed by atoms with E-state index in [-0.39, 0.29) is 18.5 Å². The first-order valence-corrected chi connectivity index (χ1v) is 9.08. The number of carbonyl (C=O) groups excluding carboxylic acids is 2. The van der Waals surface area contributed by atoms with Crippen molar-refractivity contribution in [3.63, 3.8) is 0 Å². The van der Waals surface area contributed by atoms with Crippen LogP contribution in [0.4, 0.5) is 16.2 Å². The van der Waals surface area contributed by atoms with Crippen LogP contribution in [0.3, 0.4) is 0 Å². The average Bonchev–Trinajstić information content (AvgIpc) is 2.68. The summed E-state index contributed by atoms with van der Waals surface area (Å²) < 4.78 is 5.36. The van der Waals surface area contributed by atoms with Gasteiger partial charge in [0.25, 0.3) is 5.91 Å². The third-order valence-electron chi connectivity index (χ3n) is 4.80. The summed E-state index contributed by atoms with van der Waals surface area (Å²) in [6.45, 7) is 3.30. The molecule has 2 aliphatic heterocycles. The van der Waals surface area contributed by atoms with Crippen LogP contribution in [0.15, 0.2) is 42.5 Å². The molecule has 0 aromatic heterocycles. The molecule has 0 spiro atoms. The van der Waals surface area contributed by atoms with Gasteiger partial charge in [-0.3, -0.25) is 9.69 Å². The van der Waals surface area contributed by atoms with Crippen molar-refractivity contribution in [2.45, 2.75) is 13.0 Å². The summed E-state index contributed by atoms with van der Waals surface area (Å²) in [4.78, 5) is 25.8. The summed E-state index contributed by atoms with van der Waals surface area (Å²) in [6.07, 6.45) is 1.05. The van der Waals surface area contributed by atoms with Gasteiger partial charge < -0.3 is 20.7 Å². The fourth-order valence-corrected chi connectivity index (χ4v) is 3.40. The summed E-state index contributed by atoms with van der Waals surface area (Å²) >= 11 is 0. The van der Waals surface area contributed by atoms with Gasteiger partial charge in [0.1, 0.15) is 5.75 Å². The van der Waals surface area contributed by atoms with Gasteiger partial charge in [-0.1, -0.05) is 24.3 Å². The summed E-state index contributed by atoms with van der Waals surface area (Å²) in [7, 11) is 0. The summed E-state index contributed by atoms with van der Waals surface area (Å²) in [6, 6.07) is 13.4.